The van der Waals surface area contributed by atoms with Crippen molar-refractivity contribution in [2.24, 2.45) is 0 Å². The number of sulfone groups is 1. The quantitative estimate of drug-likeness (QED) is 0.842. The Morgan fingerprint density at radius 3 is 2.25 bits per heavy atom. The highest BCUT2D eigenvalue weighted by Crippen LogP contribution is 2.31. The van der Waals surface area contributed by atoms with Crippen LogP contribution in [0.25, 0.3) is 0 Å². The number of fused-ring (bicyclic) bond motifs is 5. The number of benzene rings is 2. The van der Waals surface area contributed by atoms with Crippen LogP contribution in [0, 0.1) is 0 Å². The molecule has 1 amide bonds. The van der Waals surface area contributed by atoms with Crippen LogP contribution in [-0.4, -0.2) is 30.9 Å². The second-order valence-corrected chi connectivity index (χ2v) is 7.97. The Kier molecular flexibility index (Phi) is 4.19. The zero-order valence-electron chi connectivity index (χ0n) is 12.5. The van der Waals surface area contributed by atoms with Gasteiger partial charge in [0.05, 0.1) is 10.8 Å². The monoisotopic (exact) mass is 363 g/mol. The molecule has 0 aromatic heterocycles. The maximum atomic E-state index is 13.2. The van der Waals surface area contributed by atoms with E-state index < -0.39 is 32.3 Å². The topological polar surface area (TPSA) is 80.3 Å². The lowest BCUT2D eigenvalue weighted by Gasteiger charge is -2.34. The average molecular weight is 364 g/mol. The second kappa shape index (κ2) is 6.03. The standard InChI is InChI=1S/C17H14ClNO4S/c18-11-15(20)17(10-12-4-2-1-3-5-12)19-16(21)13-6-8-14(9-7-13)24(17,22)23/h1-9H,10-11H2,(H,19,21). The summed E-state index contributed by atoms with van der Waals surface area (Å²) in [4.78, 5) is 22.9. The highest BCUT2D eigenvalue weighted by atomic mass is 35.5. The van der Waals surface area contributed by atoms with Crippen molar-refractivity contribution in [3.8, 4) is 0 Å². The van der Waals surface area contributed by atoms with Gasteiger partial charge in [0, 0.05) is 12.0 Å². The Hall–Kier alpha value is -2.18. The third-order valence-electron chi connectivity index (χ3n) is 4.07. The zero-order chi connectivity index (χ0) is 17.4. The molecule has 0 saturated carbocycles. The van der Waals surface area contributed by atoms with Crippen molar-refractivity contribution < 1.29 is 18.0 Å². The molecule has 2 aromatic carbocycles. The van der Waals surface area contributed by atoms with E-state index in [-0.39, 0.29) is 16.9 Å². The van der Waals surface area contributed by atoms with Crippen LogP contribution in [0.1, 0.15) is 15.9 Å². The minimum absolute atomic E-state index is 0.0272. The number of amides is 1. The molecule has 124 valence electrons. The third kappa shape index (κ3) is 2.52. The van der Waals surface area contributed by atoms with Gasteiger partial charge in [-0.25, -0.2) is 8.42 Å². The lowest BCUT2D eigenvalue weighted by molar-refractivity contribution is -0.119. The maximum Gasteiger partial charge on any atom is 0.252 e. The van der Waals surface area contributed by atoms with Gasteiger partial charge < -0.3 is 5.32 Å². The van der Waals surface area contributed by atoms with Crippen molar-refractivity contribution in [3.63, 3.8) is 0 Å². The summed E-state index contributed by atoms with van der Waals surface area (Å²) in [6.07, 6.45) is -0.189. The van der Waals surface area contributed by atoms with Gasteiger partial charge in [-0.15, -0.1) is 11.6 Å². The van der Waals surface area contributed by atoms with Crippen molar-refractivity contribution in [2.75, 3.05) is 5.88 Å². The van der Waals surface area contributed by atoms with Gasteiger partial charge in [-0.1, -0.05) is 30.3 Å². The van der Waals surface area contributed by atoms with Crippen LogP contribution >= 0.6 is 11.6 Å². The predicted molar refractivity (Wildman–Crippen MR) is 89.7 cm³/mol. The number of alkyl halides is 1. The Morgan fingerprint density at radius 2 is 1.67 bits per heavy atom. The van der Waals surface area contributed by atoms with E-state index in [4.69, 9.17) is 11.6 Å². The molecule has 2 bridgehead atoms. The molecule has 0 aliphatic carbocycles. The number of carbonyl (C=O) groups excluding carboxylic acids is 2. The van der Waals surface area contributed by atoms with Crippen molar-refractivity contribution >= 4 is 33.1 Å². The molecular weight excluding hydrogens is 350 g/mol. The second-order valence-electron chi connectivity index (χ2n) is 5.53. The highest BCUT2D eigenvalue weighted by Gasteiger charge is 2.52. The molecule has 2 heterocycles. The van der Waals surface area contributed by atoms with Crippen LogP contribution in [0.2, 0.25) is 0 Å². The van der Waals surface area contributed by atoms with E-state index in [1.165, 1.54) is 24.3 Å². The summed E-state index contributed by atoms with van der Waals surface area (Å²) in [5, 5.41) is 2.43. The van der Waals surface area contributed by atoms with Crippen LogP contribution < -0.4 is 5.32 Å². The molecule has 1 unspecified atom stereocenters. The average Bonchev–Trinajstić information content (AvgIpc) is 2.60. The largest absolute Gasteiger partial charge is 0.326 e. The highest BCUT2D eigenvalue weighted by molar-refractivity contribution is 7.93. The first-order valence-corrected chi connectivity index (χ1v) is 9.23. The van der Waals surface area contributed by atoms with Crippen molar-refractivity contribution in [1.29, 1.82) is 0 Å². The van der Waals surface area contributed by atoms with Crippen LogP contribution in [-0.2, 0) is 21.1 Å². The van der Waals surface area contributed by atoms with Gasteiger partial charge in [-0.2, -0.15) is 0 Å². The van der Waals surface area contributed by atoms with Crippen molar-refractivity contribution in [2.45, 2.75) is 16.2 Å². The number of hydrogen-bond donors (Lipinski definition) is 1. The number of halogens is 1. The number of nitrogens with one attached hydrogen (secondary N) is 1. The van der Waals surface area contributed by atoms with E-state index >= 15 is 0 Å². The van der Waals surface area contributed by atoms with Gasteiger partial charge in [-0.3, -0.25) is 9.59 Å². The number of rotatable bonds is 4. The minimum Gasteiger partial charge on any atom is -0.326 e. The van der Waals surface area contributed by atoms with Crippen molar-refractivity contribution in [3.05, 3.63) is 65.7 Å². The first-order valence-electron chi connectivity index (χ1n) is 7.21. The SMILES string of the molecule is O=C1NC(Cc2ccccc2)(C(=O)CCl)S(=O)(=O)c2ccc1cc2. The fraction of sp³-hybridized carbons (Fsp3) is 0.176. The molecule has 7 heteroatoms. The first-order chi connectivity index (χ1) is 11.4. The van der Waals surface area contributed by atoms with E-state index in [9.17, 15) is 18.0 Å². The molecule has 0 spiro atoms. The number of ketones is 1. The fourth-order valence-corrected chi connectivity index (χ4v) is 4.92. The van der Waals surface area contributed by atoms with Crippen LogP contribution in [0.5, 0.6) is 0 Å². The van der Waals surface area contributed by atoms with E-state index in [1.807, 2.05) is 0 Å². The van der Waals surface area contributed by atoms with E-state index in [2.05, 4.69) is 5.32 Å². The van der Waals surface area contributed by atoms with Crippen molar-refractivity contribution in [1.82, 2.24) is 5.32 Å². The van der Waals surface area contributed by atoms with Gasteiger partial charge in [0.25, 0.3) is 5.91 Å². The molecule has 2 aliphatic heterocycles. The number of carbonyl (C=O) groups is 2. The van der Waals surface area contributed by atoms with Gasteiger partial charge in [0.2, 0.25) is 14.7 Å². The summed E-state index contributed by atoms with van der Waals surface area (Å²) in [7, 11) is -4.18. The summed E-state index contributed by atoms with van der Waals surface area (Å²) in [5.74, 6) is -1.91. The molecule has 4 rings (SSSR count). The molecular formula is C17H14ClNO4S. The van der Waals surface area contributed by atoms with Crippen LogP contribution in [0.3, 0.4) is 0 Å². The number of hydrogen-bond acceptors (Lipinski definition) is 4. The number of Topliss-reactive ketones (excluding diaryl/α,β-unsaturated/α-hetero) is 1. The minimum atomic E-state index is -4.18. The maximum absolute atomic E-state index is 13.2. The Balaban J connectivity index is 2.24. The van der Waals surface area contributed by atoms with Gasteiger partial charge >= 0.3 is 0 Å². The summed E-state index contributed by atoms with van der Waals surface area (Å²) < 4.78 is 26.3. The summed E-state index contributed by atoms with van der Waals surface area (Å²) in [5.41, 5.74) is 0.892. The summed E-state index contributed by atoms with van der Waals surface area (Å²) >= 11 is 5.69. The molecule has 5 nitrogen and oxygen atoms in total. The molecule has 24 heavy (non-hydrogen) atoms. The van der Waals surface area contributed by atoms with Crippen LogP contribution in [0.4, 0.5) is 0 Å². The smallest absolute Gasteiger partial charge is 0.252 e. The van der Waals surface area contributed by atoms with Gasteiger partial charge in [-0.05, 0) is 29.8 Å². The molecule has 2 aliphatic rings. The molecule has 0 saturated heterocycles. The fourth-order valence-electron chi connectivity index (χ4n) is 2.76. The van der Waals surface area contributed by atoms with Gasteiger partial charge in [0.15, 0.2) is 5.78 Å². The first kappa shape index (κ1) is 16.7. The molecule has 1 atom stereocenters. The lowest BCUT2D eigenvalue weighted by Crippen LogP contribution is -2.62. The predicted octanol–water partition coefficient (Wildman–Crippen LogP) is 1.95. The zero-order valence-corrected chi connectivity index (χ0v) is 14.1. The summed E-state index contributed by atoms with van der Waals surface area (Å²) in [6, 6.07) is 14.2. The lowest BCUT2D eigenvalue weighted by atomic mass is 10.0. The third-order valence-corrected chi connectivity index (χ3v) is 6.60. The summed E-state index contributed by atoms with van der Waals surface area (Å²) in [6.45, 7) is 0. The van der Waals surface area contributed by atoms with Gasteiger partial charge in [0.1, 0.15) is 0 Å². The Morgan fingerprint density at radius 1 is 1.04 bits per heavy atom. The Labute approximate surface area is 144 Å². The van der Waals surface area contributed by atoms with E-state index in [0.717, 1.165) is 0 Å². The van der Waals surface area contributed by atoms with E-state index in [0.29, 0.717) is 5.56 Å². The molecule has 0 fully saturated rings. The van der Waals surface area contributed by atoms with E-state index in [1.54, 1.807) is 30.3 Å². The molecule has 0 radical (unpaired) electrons. The molecule has 2 aromatic rings. The normalized spacial score (nSPS) is 21.6. The van der Waals surface area contributed by atoms with Crippen LogP contribution in [0.15, 0.2) is 59.5 Å². The Bertz CT molecular complexity index is 894. The molecule has 1 N–H and O–H groups in total.